The fourth-order valence-corrected chi connectivity index (χ4v) is 8.26. The lowest BCUT2D eigenvalue weighted by Gasteiger charge is -2.16. The molecule has 4 fully saturated rings. The van der Waals surface area contributed by atoms with Crippen LogP contribution in [0.4, 0.5) is 9.59 Å². The summed E-state index contributed by atoms with van der Waals surface area (Å²) in [6.07, 6.45) is 5.92. The number of ether oxygens (including phenoxy) is 3. The van der Waals surface area contributed by atoms with Crippen LogP contribution in [0.2, 0.25) is 0 Å². The third kappa shape index (κ3) is 23.4. The molecule has 6 atom stereocenters. The average molecular weight is 815 g/mol. The first-order chi connectivity index (χ1) is 24.2. The Morgan fingerprint density at radius 1 is 0.667 bits per heavy atom. The second-order valence-electron chi connectivity index (χ2n) is 12.1. The van der Waals surface area contributed by atoms with E-state index >= 15 is 0 Å². The molecular weight excluding hydrogens is 741 g/mol. The number of carboxylic acids is 1. The van der Waals surface area contributed by atoms with E-state index in [2.05, 4.69) is 45.7 Å². The van der Waals surface area contributed by atoms with Crippen LogP contribution in [0.5, 0.6) is 0 Å². The molecule has 4 saturated heterocycles. The quantitative estimate of drug-likeness (QED) is 0.0582. The number of carboxylic acid groups (broad SMARTS) is 1. The van der Waals surface area contributed by atoms with Crippen molar-refractivity contribution in [2.45, 2.75) is 130 Å². The van der Waals surface area contributed by atoms with Gasteiger partial charge in [-0.05, 0) is 19.3 Å². The molecule has 320 valence electrons. The third-order valence-electron chi connectivity index (χ3n) is 7.98. The van der Waals surface area contributed by atoms with E-state index in [9.17, 15) is 24.0 Å². The fourth-order valence-electron chi connectivity index (χ4n) is 5.30. The number of carbonyl (C=O) groups excluding carboxylic acids is 4. The number of hydrogen-bond donors (Lipinski definition) is 8. The van der Waals surface area contributed by atoms with Gasteiger partial charge >= 0.3 is 18.0 Å². The van der Waals surface area contributed by atoms with Crippen LogP contribution in [0.25, 0.3) is 0 Å². The Bertz CT molecular complexity index is 1030. The summed E-state index contributed by atoms with van der Waals surface area (Å²) in [5, 5.41) is 33.8. The standard InChI is InChI=1S/C16H29N3O4S.C12H19N3O5S.C4H10O.4CH4/c1-2-3-6-22-7-4-8-23-9-5-17-14(20)10-13-15-12(11-24-13)18-16(21)19-15;16-9(13-2-4-20-3-1-10(17)18)5-8-11-7(6-21-8)14-12(19)15-11;1-2-3-4-5;;;;/h12-13,15H,2-11H2,1H3,(H,17,20)(H2,18,19,21);7-8,11H,1-6H2,(H,13,16)(H,17,18)(H2,14,15,19);5H,2-4H2,1H3;4*1H4/t12-,13?,15-;7-,8?,11-;;;;;/m00...../s1. The van der Waals surface area contributed by atoms with E-state index in [-0.39, 0.29) is 101 Å². The topological polar surface area (TPSA) is 226 Å². The molecule has 0 bridgehead atoms. The first-order valence-corrected chi connectivity index (χ1v) is 19.7. The first-order valence-electron chi connectivity index (χ1n) is 17.6. The van der Waals surface area contributed by atoms with E-state index in [1.165, 1.54) is 0 Å². The van der Waals surface area contributed by atoms with Crippen molar-refractivity contribution in [3.8, 4) is 0 Å². The predicted molar refractivity (Wildman–Crippen MR) is 219 cm³/mol. The Kier molecular flexibility index (Phi) is 34.9. The number of carbonyl (C=O) groups is 5. The summed E-state index contributed by atoms with van der Waals surface area (Å²) in [6, 6.07) is 0.0606. The molecule has 8 N–H and O–H groups in total. The van der Waals surface area contributed by atoms with E-state index in [1.54, 1.807) is 23.5 Å². The van der Waals surface area contributed by atoms with Gasteiger partial charge in [0.05, 0.1) is 50.4 Å². The number of urea groups is 2. The maximum Gasteiger partial charge on any atom is 0.315 e. The predicted octanol–water partition coefficient (Wildman–Crippen LogP) is 3.35. The zero-order valence-corrected chi connectivity index (χ0v) is 31.0. The minimum atomic E-state index is -0.904. The first kappa shape index (κ1) is 55.8. The Labute approximate surface area is 333 Å². The number of nitrogens with one attached hydrogen (secondary N) is 6. The number of aliphatic hydroxyl groups is 1. The molecule has 0 aromatic rings. The number of aliphatic hydroxyl groups excluding tert-OH is 1. The van der Waals surface area contributed by atoms with Gasteiger partial charge in [0.1, 0.15) is 0 Å². The highest BCUT2D eigenvalue weighted by Crippen LogP contribution is 2.32. The largest absolute Gasteiger partial charge is 0.481 e. The number of unbranched alkanes of at least 4 members (excludes halogenated alkanes) is 2. The monoisotopic (exact) mass is 814 g/mol. The Morgan fingerprint density at radius 3 is 1.50 bits per heavy atom. The van der Waals surface area contributed by atoms with Crippen LogP contribution in [0.3, 0.4) is 0 Å². The molecular formula is C36H74N6O10S2. The SMILES string of the molecule is C.C.C.C.CCCCO.CCCCOCCCOCCNC(=O)CC1SC[C@@H]2NC(=O)N[C@H]12.O=C(O)CCOCCNC(=O)CC1SC[C@@H]2NC(=O)N[C@H]12. The molecule has 4 heterocycles. The highest BCUT2D eigenvalue weighted by atomic mass is 32.2. The molecule has 2 unspecified atom stereocenters. The summed E-state index contributed by atoms with van der Waals surface area (Å²) >= 11 is 3.42. The van der Waals surface area contributed by atoms with E-state index < -0.39 is 5.97 Å². The van der Waals surface area contributed by atoms with Gasteiger partial charge in [-0.15, -0.1) is 0 Å². The Balaban J connectivity index is -0.000000807. The summed E-state index contributed by atoms with van der Waals surface area (Å²) in [5.74, 6) is 0.709. The highest BCUT2D eigenvalue weighted by Gasteiger charge is 2.44. The van der Waals surface area contributed by atoms with Gasteiger partial charge in [-0.25, -0.2) is 9.59 Å². The number of fused-ring (bicyclic) bond motifs is 2. The lowest BCUT2D eigenvalue weighted by Crippen LogP contribution is -2.40. The molecule has 16 nitrogen and oxygen atoms in total. The number of thioether (sulfide) groups is 2. The van der Waals surface area contributed by atoms with Crippen LogP contribution in [0.15, 0.2) is 0 Å². The van der Waals surface area contributed by atoms with Crippen LogP contribution >= 0.6 is 23.5 Å². The van der Waals surface area contributed by atoms with E-state index in [0.717, 1.165) is 56.8 Å². The zero-order chi connectivity index (χ0) is 36.6. The molecule has 0 radical (unpaired) electrons. The number of amides is 6. The molecule has 0 saturated carbocycles. The highest BCUT2D eigenvalue weighted by molar-refractivity contribution is 8.00. The minimum absolute atomic E-state index is 0. The summed E-state index contributed by atoms with van der Waals surface area (Å²) in [7, 11) is 0. The maximum absolute atomic E-state index is 12.0. The van der Waals surface area contributed by atoms with Crippen LogP contribution in [0.1, 0.15) is 94.9 Å². The maximum atomic E-state index is 12.0. The molecule has 54 heavy (non-hydrogen) atoms. The van der Waals surface area contributed by atoms with E-state index in [1.807, 2.05) is 0 Å². The van der Waals surface area contributed by atoms with E-state index in [0.29, 0.717) is 52.4 Å². The molecule has 0 aromatic carbocycles. The fraction of sp³-hybridized carbons (Fsp3) is 0.861. The van der Waals surface area contributed by atoms with Crippen molar-refractivity contribution in [3.63, 3.8) is 0 Å². The Morgan fingerprint density at radius 2 is 1.09 bits per heavy atom. The van der Waals surface area contributed by atoms with Crippen molar-refractivity contribution in [2.75, 3.05) is 70.8 Å². The minimum Gasteiger partial charge on any atom is -0.481 e. The number of aliphatic carboxylic acids is 1. The lowest BCUT2D eigenvalue weighted by atomic mass is 10.1. The van der Waals surface area contributed by atoms with Crippen molar-refractivity contribution in [1.29, 1.82) is 0 Å². The molecule has 0 aliphatic carbocycles. The number of rotatable bonds is 22. The molecule has 4 aliphatic rings. The zero-order valence-electron chi connectivity index (χ0n) is 29.4. The third-order valence-corrected chi connectivity index (χ3v) is 10.9. The van der Waals surface area contributed by atoms with Gasteiger partial charge in [-0.1, -0.05) is 56.4 Å². The van der Waals surface area contributed by atoms with Crippen LogP contribution < -0.4 is 31.9 Å². The van der Waals surface area contributed by atoms with Crippen molar-refractivity contribution in [2.24, 2.45) is 0 Å². The summed E-state index contributed by atoms with van der Waals surface area (Å²) in [6.45, 7) is 8.58. The molecule has 18 heteroatoms. The van der Waals surface area contributed by atoms with Gasteiger partial charge in [-0.2, -0.15) is 23.5 Å². The van der Waals surface area contributed by atoms with Crippen LogP contribution in [-0.4, -0.2) is 146 Å². The van der Waals surface area contributed by atoms with Crippen molar-refractivity contribution in [3.05, 3.63) is 0 Å². The molecule has 0 spiro atoms. The number of hydrogen-bond acceptors (Lipinski definition) is 11. The average Bonchev–Trinajstić information content (AvgIpc) is 3.83. The van der Waals surface area contributed by atoms with Gasteiger partial charge in [0.15, 0.2) is 0 Å². The molecule has 6 amide bonds. The van der Waals surface area contributed by atoms with Crippen LogP contribution in [0, 0.1) is 0 Å². The molecule has 4 aliphatic heterocycles. The van der Waals surface area contributed by atoms with Gasteiger partial charge in [0.2, 0.25) is 11.8 Å². The second kappa shape index (κ2) is 33.8. The van der Waals surface area contributed by atoms with Gasteiger partial charge in [-0.3, -0.25) is 14.4 Å². The van der Waals surface area contributed by atoms with Crippen molar-refractivity contribution >= 4 is 53.4 Å². The van der Waals surface area contributed by atoms with Gasteiger partial charge in [0.25, 0.3) is 0 Å². The van der Waals surface area contributed by atoms with Crippen molar-refractivity contribution in [1.82, 2.24) is 31.9 Å². The van der Waals surface area contributed by atoms with E-state index in [4.69, 9.17) is 24.4 Å². The summed E-state index contributed by atoms with van der Waals surface area (Å²) in [5.41, 5.74) is 0. The smallest absolute Gasteiger partial charge is 0.315 e. The Hall–Kier alpha value is -2.51. The summed E-state index contributed by atoms with van der Waals surface area (Å²) < 4.78 is 16.0. The second-order valence-corrected chi connectivity index (χ2v) is 14.7. The normalized spacial score (nSPS) is 22.4. The van der Waals surface area contributed by atoms with Gasteiger partial charge in [0, 0.05) is 74.4 Å². The van der Waals surface area contributed by atoms with Gasteiger partial charge < -0.3 is 56.3 Å². The summed E-state index contributed by atoms with van der Waals surface area (Å²) in [4.78, 5) is 56.6. The molecule has 4 rings (SSSR count). The van der Waals surface area contributed by atoms with Crippen molar-refractivity contribution < 1.29 is 48.4 Å². The van der Waals surface area contributed by atoms with Crippen LogP contribution in [-0.2, 0) is 28.6 Å². The lowest BCUT2D eigenvalue weighted by molar-refractivity contribution is -0.138. The molecule has 0 aromatic heterocycles.